The maximum atomic E-state index is 11.1. The van der Waals surface area contributed by atoms with Gasteiger partial charge in [0.05, 0.1) is 5.56 Å². The summed E-state index contributed by atoms with van der Waals surface area (Å²) in [5.41, 5.74) is -0.0302. The molecule has 0 spiro atoms. The predicted octanol–water partition coefficient (Wildman–Crippen LogP) is 2.29. The second-order valence-electron chi connectivity index (χ2n) is 3.32. The molecule has 98 valence electrons. The number of benzene rings is 1. The summed E-state index contributed by atoms with van der Waals surface area (Å²) >= 11 is 8.77. The van der Waals surface area contributed by atoms with Gasteiger partial charge in [0.15, 0.2) is 0 Å². The van der Waals surface area contributed by atoms with Gasteiger partial charge in [-0.2, -0.15) is 0 Å². The van der Waals surface area contributed by atoms with Gasteiger partial charge in [-0.3, -0.25) is 0 Å². The molecule has 0 aliphatic carbocycles. The van der Waals surface area contributed by atoms with Crippen LogP contribution in [-0.4, -0.2) is 30.8 Å². The Morgan fingerprint density at radius 1 is 1.53 bits per heavy atom. The van der Waals surface area contributed by atoms with Crippen LogP contribution in [0.25, 0.3) is 5.69 Å². The van der Waals surface area contributed by atoms with Gasteiger partial charge in [-0.1, -0.05) is 11.6 Å². The molecular weight excluding hydrogens is 343 g/mol. The highest BCUT2D eigenvalue weighted by atomic mass is 79.9. The topological polar surface area (TPSA) is 111 Å². The molecule has 0 fully saturated rings. The third-order valence-corrected chi connectivity index (χ3v) is 2.89. The zero-order valence-electron chi connectivity index (χ0n) is 8.95. The fraction of sp³-hybridized carbons (Fsp3) is 0. The molecule has 0 amide bonds. The summed E-state index contributed by atoms with van der Waals surface area (Å²) in [5.74, 6) is -1.86. The molecule has 1 aromatic heterocycles. The number of hydrogen-bond acceptors (Lipinski definition) is 5. The summed E-state index contributed by atoms with van der Waals surface area (Å²) in [4.78, 5) is 24.5. The van der Waals surface area contributed by atoms with Crippen molar-refractivity contribution >= 4 is 39.4 Å². The van der Waals surface area contributed by atoms with Gasteiger partial charge in [0.1, 0.15) is 5.69 Å². The van der Waals surface area contributed by atoms with Crippen LogP contribution >= 0.6 is 27.5 Å². The Hall–Kier alpha value is -2.00. The van der Waals surface area contributed by atoms with Crippen LogP contribution in [0.4, 0.5) is 5.95 Å². The number of halogens is 2. The van der Waals surface area contributed by atoms with Crippen LogP contribution in [0.5, 0.6) is 0 Å². The van der Waals surface area contributed by atoms with Crippen LogP contribution in [-0.2, 0) is 0 Å². The molecule has 1 N–H and O–H groups in total. The van der Waals surface area contributed by atoms with E-state index in [0.717, 1.165) is 4.68 Å². The smallest absolute Gasteiger partial charge is 0.478 e. The van der Waals surface area contributed by atoms with Crippen molar-refractivity contribution in [2.45, 2.75) is 0 Å². The van der Waals surface area contributed by atoms with Crippen molar-refractivity contribution in [1.29, 1.82) is 0 Å². The predicted molar refractivity (Wildman–Crippen MR) is 67.7 cm³/mol. The van der Waals surface area contributed by atoms with Crippen molar-refractivity contribution in [3.63, 3.8) is 0 Å². The summed E-state index contributed by atoms with van der Waals surface area (Å²) in [6.45, 7) is 0. The number of carbonyl (C=O) groups is 1. The summed E-state index contributed by atoms with van der Waals surface area (Å²) in [6.07, 6.45) is 0. The highest BCUT2D eigenvalue weighted by molar-refractivity contribution is 9.10. The third kappa shape index (κ3) is 2.56. The molecule has 2 aromatic rings. The molecule has 1 heterocycles. The zero-order chi connectivity index (χ0) is 14.2. The Bertz CT molecular complexity index is 687. The van der Waals surface area contributed by atoms with E-state index in [-0.39, 0.29) is 21.0 Å². The maximum Gasteiger partial charge on any atom is 0.492 e. The van der Waals surface area contributed by atoms with Crippen molar-refractivity contribution in [2.75, 3.05) is 0 Å². The van der Waals surface area contributed by atoms with E-state index in [1.54, 1.807) is 0 Å². The molecular formula is C9H4BrClN4O4. The van der Waals surface area contributed by atoms with Crippen LogP contribution in [0.1, 0.15) is 10.4 Å². The van der Waals surface area contributed by atoms with Crippen LogP contribution < -0.4 is 0 Å². The summed E-state index contributed by atoms with van der Waals surface area (Å²) in [6, 6.07) is 4.00. The molecule has 1 aromatic carbocycles. The average molecular weight is 348 g/mol. The molecule has 8 nitrogen and oxygen atoms in total. The largest absolute Gasteiger partial charge is 0.492 e. The van der Waals surface area contributed by atoms with Gasteiger partial charge >= 0.3 is 11.9 Å². The Balaban J connectivity index is 2.67. The van der Waals surface area contributed by atoms with E-state index in [4.69, 9.17) is 16.7 Å². The Morgan fingerprint density at radius 2 is 2.21 bits per heavy atom. The standard InChI is InChI=1S/C9H4BrClN4O4/c10-8-12-9(15(18)19)13-14(8)6-3-4(11)1-2-5(6)7(16)17/h1-3H,(H,16,17). The van der Waals surface area contributed by atoms with Gasteiger partial charge in [-0.25, -0.2) is 4.79 Å². The number of rotatable bonds is 3. The van der Waals surface area contributed by atoms with Crippen molar-refractivity contribution in [1.82, 2.24) is 14.8 Å². The lowest BCUT2D eigenvalue weighted by molar-refractivity contribution is -0.394. The van der Waals surface area contributed by atoms with E-state index in [0.29, 0.717) is 0 Å². The third-order valence-electron chi connectivity index (χ3n) is 2.14. The Labute approximate surface area is 118 Å². The van der Waals surface area contributed by atoms with Crippen LogP contribution in [0.2, 0.25) is 5.02 Å². The summed E-state index contributed by atoms with van der Waals surface area (Å²) < 4.78 is 0.997. The van der Waals surface area contributed by atoms with Crippen molar-refractivity contribution in [3.05, 3.63) is 43.6 Å². The minimum Gasteiger partial charge on any atom is -0.478 e. The molecule has 0 bridgehead atoms. The van der Waals surface area contributed by atoms with Gasteiger partial charge in [-0.15, -0.1) is 4.68 Å². The number of carboxylic acid groups (broad SMARTS) is 1. The van der Waals surface area contributed by atoms with E-state index in [2.05, 4.69) is 26.0 Å². The first kappa shape index (κ1) is 13.4. The molecule has 0 radical (unpaired) electrons. The first-order chi connectivity index (χ1) is 8.90. The maximum absolute atomic E-state index is 11.1. The number of hydrogen-bond donors (Lipinski definition) is 1. The number of nitro groups is 1. The van der Waals surface area contributed by atoms with E-state index in [1.807, 2.05) is 0 Å². The van der Waals surface area contributed by atoms with E-state index >= 15 is 0 Å². The van der Waals surface area contributed by atoms with Gasteiger partial charge in [-0.05, 0) is 28.1 Å². The summed E-state index contributed by atoms with van der Waals surface area (Å²) in [5, 5.41) is 23.5. The molecule has 0 saturated carbocycles. The fourth-order valence-electron chi connectivity index (χ4n) is 1.37. The zero-order valence-corrected chi connectivity index (χ0v) is 11.3. The quantitative estimate of drug-likeness (QED) is 0.673. The molecule has 0 unspecified atom stereocenters. The SMILES string of the molecule is O=C(O)c1ccc(Cl)cc1-n1nc([N+](=O)[O-])nc1Br. The second kappa shape index (κ2) is 4.94. The molecule has 0 atom stereocenters. The van der Waals surface area contributed by atoms with E-state index in [1.165, 1.54) is 18.2 Å². The van der Waals surface area contributed by atoms with Gasteiger partial charge < -0.3 is 15.2 Å². The Kier molecular flexibility index (Phi) is 3.49. The lowest BCUT2D eigenvalue weighted by atomic mass is 10.2. The van der Waals surface area contributed by atoms with E-state index < -0.39 is 16.8 Å². The molecule has 0 aliphatic heterocycles. The first-order valence-electron chi connectivity index (χ1n) is 4.70. The van der Waals surface area contributed by atoms with Crippen LogP contribution in [0, 0.1) is 10.1 Å². The lowest BCUT2D eigenvalue weighted by Gasteiger charge is -2.03. The normalized spacial score (nSPS) is 10.4. The number of nitrogens with zero attached hydrogens (tertiary/aromatic N) is 4. The highest BCUT2D eigenvalue weighted by Gasteiger charge is 2.24. The van der Waals surface area contributed by atoms with Crippen molar-refractivity contribution < 1.29 is 14.8 Å². The molecule has 0 aliphatic rings. The fourth-order valence-corrected chi connectivity index (χ4v) is 1.97. The molecule has 2 rings (SSSR count). The average Bonchev–Trinajstić information content (AvgIpc) is 2.71. The van der Waals surface area contributed by atoms with Gasteiger partial charge in [0.25, 0.3) is 4.73 Å². The van der Waals surface area contributed by atoms with Gasteiger partial charge in [0, 0.05) is 26.1 Å². The highest BCUT2D eigenvalue weighted by Crippen LogP contribution is 2.24. The first-order valence-corrected chi connectivity index (χ1v) is 5.87. The number of aromatic carboxylic acids is 1. The van der Waals surface area contributed by atoms with Crippen molar-refractivity contribution in [3.8, 4) is 5.69 Å². The van der Waals surface area contributed by atoms with Gasteiger partial charge in [0.2, 0.25) is 0 Å². The lowest BCUT2D eigenvalue weighted by Crippen LogP contribution is -2.07. The molecule has 0 saturated heterocycles. The summed E-state index contributed by atoms with van der Waals surface area (Å²) in [7, 11) is 0. The monoisotopic (exact) mass is 346 g/mol. The molecule has 19 heavy (non-hydrogen) atoms. The minimum atomic E-state index is -1.21. The second-order valence-corrected chi connectivity index (χ2v) is 4.46. The number of carboxylic acids is 1. The van der Waals surface area contributed by atoms with E-state index in [9.17, 15) is 14.9 Å². The van der Waals surface area contributed by atoms with Crippen LogP contribution in [0.15, 0.2) is 22.9 Å². The van der Waals surface area contributed by atoms with Crippen LogP contribution in [0.3, 0.4) is 0 Å². The Morgan fingerprint density at radius 3 is 2.74 bits per heavy atom. The molecule has 10 heteroatoms. The number of aromatic nitrogens is 3. The van der Waals surface area contributed by atoms with Crippen molar-refractivity contribution in [2.24, 2.45) is 0 Å². The minimum absolute atomic E-state index is 0.00367.